The summed E-state index contributed by atoms with van der Waals surface area (Å²) in [5.74, 6) is 1.52. The van der Waals surface area contributed by atoms with Gasteiger partial charge >= 0.3 is 0 Å². The molecule has 2 aromatic carbocycles. The number of hydrogen-bond acceptors (Lipinski definition) is 3. The minimum atomic E-state index is -0.720. The van der Waals surface area contributed by atoms with Crippen LogP contribution in [0.25, 0.3) is 0 Å². The van der Waals surface area contributed by atoms with Gasteiger partial charge < -0.3 is 14.6 Å². The van der Waals surface area contributed by atoms with Gasteiger partial charge in [-0.25, -0.2) is 0 Å². The van der Waals surface area contributed by atoms with Crippen molar-refractivity contribution in [3.05, 3.63) is 59.2 Å². The molecule has 0 bridgehead atoms. The highest BCUT2D eigenvalue weighted by molar-refractivity contribution is 5.44. The predicted molar refractivity (Wildman–Crippen MR) is 81.9 cm³/mol. The van der Waals surface area contributed by atoms with Crippen molar-refractivity contribution in [3.63, 3.8) is 0 Å². The van der Waals surface area contributed by atoms with E-state index in [1.54, 1.807) is 7.11 Å². The molecule has 0 amide bonds. The van der Waals surface area contributed by atoms with Gasteiger partial charge in [-0.3, -0.25) is 0 Å². The van der Waals surface area contributed by atoms with E-state index >= 15 is 0 Å². The Kier molecular flexibility index (Phi) is 3.84. The predicted octanol–water partition coefficient (Wildman–Crippen LogP) is 3.63. The van der Waals surface area contributed by atoms with E-state index in [0.717, 1.165) is 35.3 Å². The molecule has 1 fully saturated rings. The van der Waals surface area contributed by atoms with Crippen molar-refractivity contribution in [2.45, 2.75) is 32.0 Å². The van der Waals surface area contributed by atoms with Crippen molar-refractivity contribution in [2.24, 2.45) is 0 Å². The van der Waals surface area contributed by atoms with Gasteiger partial charge in [0, 0.05) is 5.56 Å². The first-order valence-electron chi connectivity index (χ1n) is 7.26. The lowest BCUT2D eigenvalue weighted by molar-refractivity contribution is 0.213. The number of rotatable bonds is 5. The van der Waals surface area contributed by atoms with Crippen molar-refractivity contribution in [3.8, 4) is 11.5 Å². The van der Waals surface area contributed by atoms with Crippen LogP contribution in [-0.4, -0.2) is 18.3 Å². The smallest absolute Gasteiger partial charge is 0.125 e. The summed E-state index contributed by atoms with van der Waals surface area (Å²) in [6.07, 6.45) is 1.88. The van der Waals surface area contributed by atoms with E-state index in [4.69, 9.17) is 9.47 Å². The molecule has 0 aromatic heterocycles. The fourth-order valence-corrected chi connectivity index (χ4v) is 2.38. The molecule has 3 rings (SSSR count). The molecule has 1 unspecified atom stereocenters. The summed E-state index contributed by atoms with van der Waals surface area (Å²) in [5, 5.41) is 10.7. The van der Waals surface area contributed by atoms with Gasteiger partial charge in [-0.1, -0.05) is 23.8 Å². The lowest BCUT2D eigenvalue weighted by Crippen LogP contribution is -2.04. The maximum absolute atomic E-state index is 10.7. The summed E-state index contributed by atoms with van der Waals surface area (Å²) in [4.78, 5) is 0. The topological polar surface area (TPSA) is 38.7 Å². The molecule has 0 aliphatic heterocycles. The molecular formula is C18H20O3. The molecule has 110 valence electrons. The summed E-state index contributed by atoms with van der Waals surface area (Å²) in [6, 6.07) is 13.5. The average Bonchev–Trinajstić information content (AvgIpc) is 3.30. The third-order valence-electron chi connectivity index (χ3n) is 3.68. The van der Waals surface area contributed by atoms with Gasteiger partial charge in [0.15, 0.2) is 0 Å². The van der Waals surface area contributed by atoms with Gasteiger partial charge in [-0.2, -0.15) is 0 Å². The van der Waals surface area contributed by atoms with E-state index in [0.29, 0.717) is 11.9 Å². The number of hydrogen-bond donors (Lipinski definition) is 1. The summed E-state index contributed by atoms with van der Waals surface area (Å²) >= 11 is 0. The summed E-state index contributed by atoms with van der Waals surface area (Å²) in [7, 11) is 1.62. The third kappa shape index (κ3) is 3.19. The zero-order valence-electron chi connectivity index (χ0n) is 12.4. The van der Waals surface area contributed by atoms with Crippen molar-refractivity contribution >= 4 is 0 Å². The molecule has 1 aliphatic rings. The first-order valence-corrected chi connectivity index (χ1v) is 7.26. The van der Waals surface area contributed by atoms with Crippen molar-refractivity contribution in [2.75, 3.05) is 7.11 Å². The minimum absolute atomic E-state index is 0.353. The molecule has 0 heterocycles. The van der Waals surface area contributed by atoms with E-state index in [2.05, 4.69) is 0 Å². The number of aryl methyl sites for hydroxylation is 1. The van der Waals surface area contributed by atoms with Crippen LogP contribution in [0.15, 0.2) is 42.5 Å². The quantitative estimate of drug-likeness (QED) is 0.911. The standard InChI is InChI=1S/C18H20O3/c1-12-6-9-17(20-2)16(10-12)18(19)13-4-3-5-15(11-13)21-14-7-8-14/h3-6,9-11,14,18-19H,7-8H2,1-2H3. The highest BCUT2D eigenvalue weighted by atomic mass is 16.5. The lowest BCUT2D eigenvalue weighted by atomic mass is 9.99. The Morgan fingerprint density at radius 1 is 1.14 bits per heavy atom. The Morgan fingerprint density at radius 2 is 1.95 bits per heavy atom. The number of aliphatic hydroxyl groups is 1. The molecule has 1 N–H and O–H groups in total. The fraction of sp³-hybridized carbons (Fsp3) is 0.333. The van der Waals surface area contributed by atoms with Crippen LogP contribution in [0, 0.1) is 6.92 Å². The molecule has 0 radical (unpaired) electrons. The van der Waals surface area contributed by atoms with Crippen LogP contribution in [0.4, 0.5) is 0 Å². The van der Waals surface area contributed by atoms with E-state index in [1.807, 2.05) is 49.4 Å². The van der Waals surface area contributed by atoms with Crippen LogP contribution in [0.2, 0.25) is 0 Å². The molecule has 0 spiro atoms. The second kappa shape index (κ2) is 5.78. The largest absolute Gasteiger partial charge is 0.496 e. The minimum Gasteiger partial charge on any atom is -0.496 e. The summed E-state index contributed by atoms with van der Waals surface area (Å²) in [6.45, 7) is 2.00. The van der Waals surface area contributed by atoms with E-state index in [-0.39, 0.29) is 0 Å². The third-order valence-corrected chi connectivity index (χ3v) is 3.68. The molecule has 3 heteroatoms. The van der Waals surface area contributed by atoms with Crippen LogP contribution in [-0.2, 0) is 0 Å². The molecule has 21 heavy (non-hydrogen) atoms. The van der Waals surface area contributed by atoms with Gasteiger partial charge in [-0.15, -0.1) is 0 Å². The van der Waals surface area contributed by atoms with E-state index in [9.17, 15) is 5.11 Å². The highest BCUT2D eigenvalue weighted by Crippen LogP contribution is 2.33. The molecule has 0 saturated heterocycles. The van der Waals surface area contributed by atoms with Crippen LogP contribution < -0.4 is 9.47 Å². The lowest BCUT2D eigenvalue weighted by Gasteiger charge is -2.17. The van der Waals surface area contributed by atoms with Gasteiger partial charge in [0.25, 0.3) is 0 Å². The van der Waals surface area contributed by atoms with Crippen molar-refractivity contribution in [1.29, 1.82) is 0 Å². The molecule has 1 atom stereocenters. The first kappa shape index (κ1) is 14.0. The highest BCUT2D eigenvalue weighted by Gasteiger charge is 2.24. The molecule has 3 nitrogen and oxygen atoms in total. The van der Waals surface area contributed by atoms with Crippen LogP contribution in [0.1, 0.15) is 35.6 Å². The zero-order chi connectivity index (χ0) is 14.8. The molecular weight excluding hydrogens is 264 g/mol. The van der Waals surface area contributed by atoms with Gasteiger partial charge in [0.05, 0.1) is 13.2 Å². The fourth-order valence-electron chi connectivity index (χ4n) is 2.38. The Labute approximate surface area is 125 Å². The Morgan fingerprint density at radius 3 is 2.67 bits per heavy atom. The summed E-state index contributed by atoms with van der Waals surface area (Å²) in [5.41, 5.74) is 2.69. The van der Waals surface area contributed by atoms with Gasteiger partial charge in [-0.05, 0) is 49.6 Å². The molecule has 1 aliphatic carbocycles. The normalized spacial score (nSPS) is 15.6. The number of ether oxygens (including phenoxy) is 2. The Balaban J connectivity index is 1.90. The monoisotopic (exact) mass is 284 g/mol. The SMILES string of the molecule is COc1ccc(C)cc1C(O)c1cccc(OC2CC2)c1. The summed E-state index contributed by atoms with van der Waals surface area (Å²) < 4.78 is 11.1. The number of aliphatic hydroxyl groups excluding tert-OH is 1. The van der Waals surface area contributed by atoms with E-state index < -0.39 is 6.10 Å². The van der Waals surface area contributed by atoms with Crippen LogP contribution >= 0.6 is 0 Å². The zero-order valence-corrected chi connectivity index (χ0v) is 12.4. The second-order valence-electron chi connectivity index (χ2n) is 5.54. The van der Waals surface area contributed by atoms with Crippen LogP contribution in [0.5, 0.6) is 11.5 Å². The Hall–Kier alpha value is -2.00. The maximum atomic E-state index is 10.7. The maximum Gasteiger partial charge on any atom is 0.125 e. The number of benzene rings is 2. The average molecular weight is 284 g/mol. The van der Waals surface area contributed by atoms with E-state index in [1.165, 1.54) is 0 Å². The molecule has 1 saturated carbocycles. The number of methoxy groups -OCH3 is 1. The van der Waals surface area contributed by atoms with Gasteiger partial charge in [0.1, 0.15) is 17.6 Å². The second-order valence-corrected chi connectivity index (χ2v) is 5.54. The molecule has 2 aromatic rings. The van der Waals surface area contributed by atoms with Crippen molar-refractivity contribution in [1.82, 2.24) is 0 Å². The Bertz CT molecular complexity index is 632. The van der Waals surface area contributed by atoms with Crippen LogP contribution in [0.3, 0.4) is 0 Å². The van der Waals surface area contributed by atoms with Gasteiger partial charge in [0.2, 0.25) is 0 Å². The van der Waals surface area contributed by atoms with Crippen molar-refractivity contribution < 1.29 is 14.6 Å². The first-order chi connectivity index (χ1) is 10.2.